The molecule has 2 heterocycles. The largest absolute Gasteiger partial charge is 0.482 e. The summed E-state index contributed by atoms with van der Waals surface area (Å²) < 4.78 is 35.8. The number of amides is 1. The first-order chi connectivity index (χ1) is 14.8. The summed E-state index contributed by atoms with van der Waals surface area (Å²) >= 11 is 0. The molecule has 0 fully saturated rings. The average Bonchev–Trinajstić information content (AvgIpc) is 2.75. The normalized spacial score (nSPS) is 11.8. The van der Waals surface area contributed by atoms with E-state index in [2.05, 4.69) is 20.0 Å². The molecule has 9 nitrogen and oxygen atoms in total. The van der Waals surface area contributed by atoms with Crippen LogP contribution in [0.4, 0.5) is 14.5 Å². The molecule has 1 aromatic heterocycles. The lowest BCUT2D eigenvalue weighted by Crippen LogP contribution is -2.25. The van der Waals surface area contributed by atoms with Gasteiger partial charge in [0.2, 0.25) is 5.82 Å². The number of halogens is 3. The van der Waals surface area contributed by atoms with Gasteiger partial charge in [0.1, 0.15) is 5.75 Å². The number of nitrogens with two attached hydrogens (primary N) is 1. The lowest BCUT2D eigenvalue weighted by Gasteiger charge is -2.18. The van der Waals surface area contributed by atoms with E-state index in [9.17, 15) is 23.2 Å². The van der Waals surface area contributed by atoms with Crippen molar-refractivity contribution >= 4 is 40.9 Å². The van der Waals surface area contributed by atoms with Gasteiger partial charge in [-0.25, -0.2) is 18.6 Å². The number of ether oxygens (including phenoxy) is 2. The second kappa shape index (κ2) is 10.6. The van der Waals surface area contributed by atoms with Crippen LogP contribution in [0.2, 0.25) is 0 Å². The summed E-state index contributed by atoms with van der Waals surface area (Å²) in [7, 11) is 0. The minimum Gasteiger partial charge on any atom is -0.482 e. The molecule has 3 aromatic rings. The fourth-order valence-corrected chi connectivity index (χ4v) is 2.69. The van der Waals surface area contributed by atoms with Crippen LogP contribution >= 0.6 is 12.4 Å². The predicted molar refractivity (Wildman–Crippen MR) is 114 cm³/mol. The molecule has 0 radical (unpaired) electrons. The van der Waals surface area contributed by atoms with Crippen LogP contribution in [-0.4, -0.2) is 35.1 Å². The monoisotopic (exact) mass is 468 g/mol. The number of aromatic nitrogens is 2. The Balaban J connectivity index is 0.000000230. The van der Waals surface area contributed by atoms with Gasteiger partial charge in [0, 0.05) is 12.6 Å². The zero-order valence-electron chi connectivity index (χ0n) is 16.7. The van der Waals surface area contributed by atoms with Crippen molar-refractivity contribution in [1.82, 2.24) is 9.97 Å². The summed E-state index contributed by atoms with van der Waals surface area (Å²) in [5.41, 5.74) is 6.30. The standard InChI is InChI=1S/C11H8F2N2O3.C9H10N2O2.ClH/c1-2-18-11(17)9-14-8-4-7(13)6(12)3-5(8)10(16)15-9;10-4-6-1-2-8-7(3-6)11-9(12)5-13-8;/h3-4H,2H2,1H3,(H,14,15,16);1-3H,4-5,10H2,(H,11,12);1H. The number of benzene rings is 2. The van der Waals surface area contributed by atoms with Crippen LogP contribution < -0.4 is 21.3 Å². The number of esters is 1. The van der Waals surface area contributed by atoms with E-state index in [1.54, 1.807) is 6.92 Å². The van der Waals surface area contributed by atoms with Crippen molar-refractivity contribution in [2.75, 3.05) is 18.5 Å². The molecular formula is C20H19ClF2N4O5. The number of anilines is 1. The maximum absolute atomic E-state index is 13.0. The van der Waals surface area contributed by atoms with Crippen LogP contribution in [0.15, 0.2) is 35.1 Å². The van der Waals surface area contributed by atoms with E-state index in [1.165, 1.54) is 0 Å². The van der Waals surface area contributed by atoms with E-state index in [-0.39, 0.29) is 48.3 Å². The van der Waals surface area contributed by atoms with Gasteiger partial charge in [0.15, 0.2) is 18.2 Å². The molecule has 4 rings (SSSR count). The smallest absolute Gasteiger partial charge is 0.374 e. The number of hydrogen-bond donors (Lipinski definition) is 3. The minimum absolute atomic E-state index is 0. The van der Waals surface area contributed by atoms with Crippen molar-refractivity contribution in [3.63, 3.8) is 0 Å². The van der Waals surface area contributed by atoms with E-state index in [1.807, 2.05) is 18.2 Å². The Kier molecular flexibility index (Phi) is 8.21. The molecule has 12 heteroatoms. The number of carbonyl (C=O) groups is 2. The summed E-state index contributed by atoms with van der Waals surface area (Å²) in [6, 6.07) is 7.01. The first kappa shape index (κ1) is 24.7. The third kappa shape index (κ3) is 5.56. The number of nitrogens with one attached hydrogen (secondary N) is 2. The summed E-state index contributed by atoms with van der Waals surface area (Å²) in [6.07, 6.45) is 0. The summed E-state index contributed by atoms with van der Waals surface area (Å²) in [5, 5.41) is 2.58. The number of nitrogens with zero attached hydrogens (tertiary/aromatic N) is 1. The van der Waals surface area contributed by atoms with Crippen molar-refractivity contribution in [2.24, 2.45) is 5.73 Å². The highest BCUT2D eigenvalue weighted by molar-refractivity contribution is 5.95. The van der Waals surface area contributed by atoms with Crippen molar-refractivity contribution in [2.45, 2.75) is 13.5 Å². The van der Waals surface area contributed by atoms with Crippen LogP contribution in [-0.2, 0) is 16.1 Å². The van der Waals surface area contributed by atoms with Crippen LogP contribution in [0, 0.1) is 11.6 Å². The number of rotatable bonds is 3. The van der Waals surface area contributed by atoms with Gasteiger partial charge in [-0.1, -0.05) is 6.07 Å². The highest BCUT2D eigenvalue weighted by Gasteiger charge is 2.16. The Hall–Kier alpha value is -3.57. The molecule has 170 valence electrons. The molecule has 32 heavy (non-hydrogen) atoms. The van der Waals surface area contributed by atoms with E-state index in [4.69, 9.17) is 10.5 Å². The van der Waals surface area contributed by atoms with Crippen LogP contribution in [0.3, 0.4) is 0 Å². The molecule has 0 saturated carbocycles. The molecule has 2 aromatic carbocycles. The van der Waals surface area contributed by atoms with Gasteiger partial charge in [-0.15, -0.1) is 12.4 Å². The Bertz CT molecular complexity index is 1220. The molecule has 0 atom stereocenters. The molecule has 1 aliphatic heterocycles. The highest BCUT2D eigenvalue weighted by atomic mass is 35.5. The molecular weight excluding hydrogens is 450 g/mol. The molecule has 1 amide bonds. The topological polar surface area (TPSA) is 136 Å². The SMILES string of the molecule is CCOC(=O)c1nc2cc(F)c(F)cc2c(=O)[nH]1.Cl.NCc1ccc2c(c1)NC(=O)CO2. The van der Waals surface area contributed by atoms with E-state index < -0.39 is 23.2 Å². The zero-order chi connectivity index (χ0) is 22.5. The van der Waals surface area contributed by atoms with Crippen LogP contribution in [0.1, 0.15) is 23.1 Å². The van der Waals surface area contributed by atoms with Crippen molar-refractivity contribution < 1.29 is 27.8 Å². The van der Waals surface area contributed by atoms with Gasteiger partial charge < -0.3 is 25.5 Å². The summed E-state index contributed by atoms with van der Waals surface area (Å²) in [5.74, 6) is -2.89. The average molecular weight is 469 g/mol. The van der Waals surface area contributed by atoms with Gasteiger partial charge in [-0.2, -0.15) is 0 Å². The Morgan fingerprint density at radius 3 is 2.62 bits per heavy atom. The molecule has 1 aliphatic rings. The third-order valence-corrected chi connectivity index (χ3v) is 4.13. The maximum Gasteiger partial charge on any atom is 0.374 e. The molecule has 0 aliphatic carbocycles. The van der Waals surface area contributed by atoms with Crippen molar-refractivity contribution in [3.8, 4) is 5.75 Å². The van der Waals surface area contributed by atoms with Gasteiger partial charge in [-0.3, -0.25) is 9.59 Å². The van der Waals surface area contributed by atoms with Crippen LogP contribution in [0.5, 0.6) is 5.75 Å². The van der Waals surface area contributed by atoms with Gasteiger partial charge in [0.05, 0.1) is 23.2 Å². The lowest BCUT2D eigenvalue weighted by atomic mass is 10.1. The fourth-order valence-electron chi connectivity index (χ4n) is 2.69. The highest BCUT2D eigenvalue weighted by Crippen LogP contribution is 2.28. The van der Waals surface area contributed by atoms with Crippen molar-refractivity contribution in [1.29, 1.82) is 0 Å². The lowest BCUT2D eigenvalue weighted by molar-refractivity contribution is -0.118. The van der Waals surface area contributed by atoms with Crippen molar-refractivity contribution in [3.05, 3.63) is 63.7 Å². The van der Waals surface area contributed by atoms with E-state index >= 15 is 0 Å². The fraction of sp³-hybridized carbons (Fsp3) is 0.200. The molecule has 0 spiro atoms. The van der Waals surface area contributed by atoms with E-state index in [0.29, 0.717) is 18.0 Å². The van der Waals surface area contributed by atoms with Gasteiger partial charge in [-0.05, 0) is 30.7 Å². The first-order valence-corrected chi connectivity index (χ1v) is 9.14. The zero-order valence-corrected chi connectivity index (χ0v) is 17.6. The second-order valence-electron chi connectivity index (χ2n) is 6.29. The Morgan fingerprint density at radius 1 is 1.22 bits per heavy atom. The van der Waals surface area contributed by atoms with Gasteiger partial charge in [0.25, 0.3) is 11.5 Å². The molecule has 0 unspecified atom stereocenters. The number of aromatic amines is 1. The predicted octanol–water partition coefficient (Wildman–Crippen LogP) is 2.28. The molecule has 0 bridgehead atoms. The minimum atomic E-state index is -1.15. The maximum atomic E-state index is 13.0. The summed E-state index contributed by atoms with van der Waals surface area (Å²) in [6.45, 7) is 2.25. The molecule has 4 N–H and O–H groups in total. The van der Waals surface area contributed by atoms with Crippen LogP contribution in [0.25, 0.3) is 10.9 Å². The molecule has 0 saturated heterocycles. The first-order valence-electron chi connectivity index (χ1n) is 9.14. The number of H-pyrrole nitrogens is 1. The Labute approximate surface area is 186 Å². The number of hydrogen-bond acceptors (Lipinski definition) is 7. The van der Waals surface area contributed by atoms with E-state index in [0.717, 1.165) is 17.7 Å². The number of carbonyl (C=O) groups excluding carboxylic acids is 2. The van der Waals surface area contributed by atoms with Gasteiger partial charge >= 0.3 is 5.97 Å². The second-order valence-corrected chi connectivity index (χ2v) is 6.29. The number of fused-ring (bicyclic) bond motifs is 2. The summed E-state index contributed by atoms with van der Waals surface area (Å²) in [4.78, 5) is 39.8. The third-order valence-electron chi connectivity index (χ3n) is 4.13. The quantitative estimate of drug-likeness (QED) is 0.501. The Morgan fingerprint density at radius 2 is 1.94 bits per heavy atom.